The molecule has 2 aromatic carbocycles. The number of allylic oxidation sites excluding steroid dienone is 1. The van der Waals surface area contributed by atoms with Gasteiger partial charge in [-0.05, 0) is 24.6 Å². The van der Waals surface area contributed by atoms with Gasteiger partial charge >= 0.3 is 0 Å². The minimum absolute atomic E-state index is 0.329. The summed E-state index contributed by atoms with van der Waals surface area (Å²) in [6.07, 6.45) is 2.36. The quantitative estimate of drug-likeness (QED) is 0.595. The molecule has 0 atom stereocenters. The van der Waals surface area contributed by atoms with E-state index in [-0.39, 0.29) is 0 Å². The van der Waals surface area contributed by atoms with E-state index in [1.807, 2.05) is 49.4 Å². The fourth-order valence-electron chi connectivity index (χ4n) is 1.42. The van der Waals surface area contributed by atoms with Gasteiger partial charge in [0.15, 0.2) is 5.76 Å². The van der Waals surface area contributed by atoms with Gasteiger partial charge in [-0.25, -0.2) is 0 Å². The third-order valence-corrected chi connectivity index (χ3v) is 2.59. The monoisotopic (exact) mass is 284 g/mol. The second-order valence-electron chi connectivity index (χ2n) is 4.32. The van der Waals surface area contributed by atoms with Crippen LogP contribution in [0.1, 0.15) is 11.1 Å². The Morgan fingerprint density at radius 3 is 2.24 bits per heavy atom. The smallest absolute Gasteiger partial charge is 0.152 e. The second-order valence-corrected chi connectivity index (χ2v) is 4.32. The van der Waals surface area contributed by atoms with Gasteiger partial charge in [-0.2, -0.15) is 0 Å². The summed E-state index contributed by atoms with van der Waals surface area (Å²) in [7, 11) is 0. The predicted molar refractivity (Wildman–Crippen MR) is 85.1 cm³/mol. The molecule has 0 aromatic heterocycles. The zero-order valence-corrected chi connectivity index (χ0v) is 12.0. The minimum atomic E-state index is 0.329. The van der Waals surface area contributed by atoms with Crippen molar-refractivity contribution < 1.29 is 9.84 Å². The molecule has 0 heterocycles. The van der Waals surface area contributed by atoms with Gasteiger partial charge in [0.25, 0.3) is 0 Å². The van der Waals surface area contributed by atoms with Crippen molar-refractivity contribution in [3.8, 4) is 5.75 Å². The molecular weight excluding hydrogens is 264 g/mol. The number of nitrogens with one attached hydrogen (secondary N) is 1. The molecule has 0 bridgehead atoms. The van der Waals surface area contributed by atoms with Crippen molar-refractivity contribution >= 4 is 6.21 Å². The number of phenols is 1. The summed E-state index contributed by atoms with van der Waals surface area (Å²) in [4.78, 5) is 0. The number of aromatic hydroxyl groups is 1. The molecule has 0 radical (unpaired) electrons. The first kappa shape index (κ1) is 16.3. The molecular formula is C17H20N2O2. The molecule has 4 N–H and O–H groups in total. The number of rotatable bonds is 4. The summed E-state index contributed by atoms with van der Waals surface area (Å²) >= 11 is 0. The summed E-state index contributed by atoms with van der Waals surface area (Å²) in [5.74, 6) is 0.708. The molecule has 0 aliphatic heterocycles. The molecule has 2 aromatic rings. The van der Waals surface area contributed by atoms with Crippen molar-refractivity contribution in [1.29, 1.82) is 5.41 Å². The van der Waals surface area contributed by atoms with Gasteiger partial charge in [-0.3, -0.25) is 0 Å². The first-order valence-electron chi connectivity index (χ1n) is 6.50. The number of benzene rings is 2. The van der Waals surface area contributed by atoms with Crippen LogP contribution in [-0.2, 0) is 11.3 Å². The van der Waals surface area contributed by atoms with E-state index in [0.29, 0.717) is 18.1 Å². The maximum atomic E-state index is 8.76. The number of nitrogens with two attached hydrogens (primary N) is 1. The van der Waals surface area contributed by atoms with Crippen LogP contribution in [0.5, 0.6) is 5.75 Å². The van der Waals surface area contributed by atoms with Crippen molar-refractivity contribution in [2.75, 3.05) is 0 Å². The van der Waals surface area contributed by atoms with Crippen molar-refractivity contribution in [2.24, 2.45) is 5.73 Å². The van der Waals surface area contributed by atoms with Crippen LogP contribution in [0.4, 0.5) is 0 Å². The Hall–Kier alpha value is -2.75. The third-order valence-electron chi connectivity index (χ3n) is 2.59. The van der Waals surface area contributed by atoms with E-state index in [1.54, 1.807) is 12.1 Å². The van der Waals surface area contributed by atoms with Crippen LogP contribution in [-0.4, -0.2) is 11.3 Å². The molecule has 0 fully saturated rings. The first-order valence-corrected chi connectivity index (χ1v) is 6.50. The van der Waals surface area contributed by atoms with Crippen LogP contribution < -0.4 is 5.73 Å². The lowest BCUT2D eigenvalue weighted by atomic mass is 10.2. The molecule has 0 aliphatic carbocycles. The molecule has 21 heavy (non-hydrogen) atoms. The number of ether oxygens (including phenoxy) is 1. The largest absolute Gasteiger partial charge is 0.508 e. The fraction of sp³-hybridized carbons (Fsp3) is 0.118. The van der Waals surface area contributed by atoms with Gasteiger partial charge in [-0.15, -0.1) is 0 Å². The van der Waals surface area contributed by atoms with Crippen LogP contribution in [0, 0.1) is 12.3 Å². The molecule has 110 valence electrons. The van der Waals surface area contributed by atoms with Crippen LogP contribution in [0.3, 0.4) is 0 Å². The average Bonchev–Trinajstić information content (AvgIpc) is 2.53. The number of hydrogen-bond acceptors (Lipinski definition) is 4. The number of hydrogen-bond donors (Lipinski definition) is 3. The Kier molecular flexibility index (Phi) is 7.14. The molecule has 0 saturated carbocycles. The topological polar surface area (TPSA) is 79.3 Å². The molecule has 0 aliphatic rings. The van der Waals surface area contributed by atoms with E-state index in [0.717, 1.165) is 11.8 Å². The molecule has 0 unspecified atom stereocenters. The first-order chi connectivity index (χ1) is 10.2. The minimum Gasteiger partial charge on any atom is -0.508 e. The van der Waals surface area contributed by atoms with Crippen LogP contribution in [0.2, 0.25) is 0 Å². The summed E-state index contributed by atoms with van der Waals surface area (Å²) in [6, 6.07) is 16.8. The summed E-state index contributed by atoms with van der Waals surface area (Å²) in [5, 5.41) is 15.7. The van der Waals surface area contributed by atoms with E-state index in [2.05, 4.69) is 0 Å². The molecule has 2 rings (SSSR count). The summed E-state index contributed by atoms with van der Waals surface area (Å²) in [5.41, 5.74) is 7.44. The number of phenolic OH excluding ortho intramolecular Hbond substituents is 1. The lowest BCUT2D eigenvalue weighted by Crippen LogP contribution is -1.97. The van der Waals surface area contributed by atoms with Crippen molar-refractivity contribution in [1.82, 2.24) is 0 Å². The van der Waals surface area contributed by atoms with Crippen molar-refractivity contribution in [2.45, 2.75) is 13.5 Å². The van der Waals surface area contributed by atoms with E-state index < -0.39 is 0 Å². The van der Waals surface area contributed by atoms with Gasteiger partial charge in [0, 0.05) is 6.20 Å². The molecule has 4 heteroatoms. The van der Waals surface area contributed by atoms with Crippen LogP contribution in [0.15, 0.2) is 66.6 Å². The maximum absolute atomic E-state index is 8.76. The Morgan fingerprint density at radius 1 is 1.14 bits per heavy atom. The van der Waals surface area contributed by atoms with E-state index in [4.69, 9.17) is 21.0 Å². The van der Waals surface area contributed by atoms with Crippen LogP contribution in [0.25, 0.3) is 0 Å². The Bertz CT molecular complexity index is 542. The Balaban J connectivity index is 0.000000235. The zero-order valence-electron chi connectivity index (χ0n) is 12.0. The summed E-state index contributed by atoms with van der Waals surface area (Å²) in [6.45, 7) is 2.43. The summed E-state index contributed by atoms with van der Waals surface area (Å²) < 4.78 is 5.22. The highest BCUT2D eigenvalue weighted by Gasteiger charge is 1.93. The fourth-order valence-corrected chi connectivity index (χ4v) is 1.42. The normalized spacial score (nSPS) is 10.2. The molecule has 0 spiro atoms. The van der Waals surface area contributed by atoms with Gasteiger partial charge in [0.05, 0.1) is 6.21 Å². The Morgan fingerprint density at radius 2 is 1.76 bits per heavy atom. The van der Waals surface area contributed by atoms with Crippen molar-refractivity contribution in [3.63, 3.8) is 0 Å². The van der Waals surface area contributed by atoms with Crippen molar-refractivity contribution in [3.05, 3.63) is 77.7 Å². The highest BCUT2D eigenvalue weighted by Crippen LogP contribution is 2.07. The third kappa shape index (κ3) is 6.82. The van der Waals surface area contributed by atoms with Gasteiger partial charge in [0.2, 0.25) is 0 Å². The van der Waals surface area contributed by atoms with Gasteiger partial charge < -0.3 is 21.0 Å². The van der Waals surface area contributed by atoms with Crippen LogP contribution >= 0.6 is 0 Å². The maximum Gasteiger partial charge on any atom is 0.152 e. The second kappa shape index (κ2) is 9.20. The lowest BCUT2D eigenvalue weighted by Gasteiger charge is -2.04. The predicted octanol–water partition coefficient (Wildman–Crippen LogP) is 3.35. The van der Waals surface area contributed by atoms with E-state index in [1.165, 1.54) is 11.8 Å². The molecule has 4 nitrogen and oxygen atoms in total. The highest BCUT2D eigenvalue weighted by molar-refractivity contribution is 5.72. The van der Waals surface area contributed by atoms with E-state index in [9.17, 15) is 0 Å². The SMILES string of the molecule is Cc1ccc(O)cc1.N=C/C(=C\N)OCc1ccccc1. The highest BCUT2D eigenvalue weighted by atomic mass is 16.5. The standard InChI is InChI=1S/C10H12N2O.C7H8O/c11-6-10(7-12)13-8-9-4-2-1-3-5-9;1-6-2-4-7(8)5-3-6/h1-7,11H,8,12H2;2-5,8H,1H3/b10-7+,11-6?;. The van der Waals surface area contributed by atoms with Gasteiger partial charge in [0.1, 0.15) is 12.4 Å². The van der Waals surface area contributed by atoms with Gasteiger partial charge in [-0.1, -0.05) is 48.0 Å². The molecule has 0 saturated heterocycles. The molecule has 0 amide bonds. The zero-order chi connectivity index (χ0) is 15.5. The Labute approximate surface area is 125 Å². The van der Waals surface area contributed by atoms with E-state index >= 15 is 0 Å². The number of aryl methyl sites for hydroxylation is 1. The average molecular weight is 284 g/mol. The lowest BCUT2D eigenvalue weighted by molar-refractivity contribution is 0.218.